The number of aliphatic hydroxyl groups excluding tert-OH is 1. The molecule has 74 valence electrons. The quantitative estimate of drug-likeness (QED) is 0.774. The average molecular weight is 226 g/mol. The molecule has 1 heterocycles. The van der Waals surface area contributed by atoms with Crippen molar-refractivity contribution in [2.24, 2.45) is 0 Å². The van der Waals surface area contributed by atoms with Crippen LogP contribution >= 0.6 is 23.1 Å². The van der Waals surface area contributed by atoms with Gasteiger partial charge in [0, 0.05) is 20.5 Å². The van der Waals surface area contributed by atoms with E-state index in [9.17, 15) is 5.11 Å². The van der Waals surface area contributed by atoms with Gasteiger partial charge in [-0.05, 0) is 24.5 Å². The van der Waals surface area contributed by atoms with E-state index < -0.39 is 0 Å². The van der Waals surface area contributed by atoms with Crippen molar-refractivity contribution >= 4 is 33.2 Å². The molecule has 0 atom stereocenters. The van der Waals surface area contributed by atoms with Crippen molar-refractivity contribution in [2.45, 2.75) is 11.5 Å². The third-order valence-corrected chi connectivity index (χ3v) is 3.88. The van der Waals surface area contributed by atoms with Crippen LogP contribution in [0, 0.1) is 0 Å². The molecule has 0 bridgehead atoms. The van der Waals surface area contributed by atoms with Gasteiger partial charge < -0.3 is 10.2 Å². The fraction of sp³-hybridized carbons (Fsp3) is 0.200. The van der Waals surface area contributed by atoms with E-state index in [4.69, 9.17) is 5.11 Å². The first-order valence-corrected chi connectivity index (χ1v) is 6.19. The molecule has 0 saturated heterocycles. The molecule has 4 heteroatoms. The lowest BCUT2D eigenvalue weighted by Gasteiger charge is -1.97. The highest BCUT2D eigenvalue weighted by atomic mass is 32.2. The van der Waals surface area contributed by atoms with Gasteiger partial charge in [-0.1, -0.05) is 11.3 Å². The van der Waals surface area contributed by atoms with Crippen LogP contribution < -0.4 is 0 Å². The van der Waals surface area contributed by atoms with Crippen LogP contribution in [0.15, 0.2) is 23.1 Å². The minimum absolute atomic E-state index is 0.107. The highest BCUT2D eigenvalue weighted by molar-refractivity contribution is 7.98. The van der Waals surface area contributed by atoms with Gasteiger partial charge in [0.15, 0.2) is 5.06 Å². The topological polar surface area (TPSA) is 40.5 Å². The molecule has 0 radical (unpaired) electrons. The van der Waals surface area contributed by atoms with Crippen molar-refractivity contribution in [1.29, 1.82) is 0 Å². The largest absolute Gasteiger partial charge is 0.499 e. The van der Waals surface area contributed by atoms with E-state index in [0.717, 1.165) is 15.0 Å². The summed E-state index contributed by atoms with van der Waals surface area (Å²) in [6.07, 6.45) is 2.01. The van der Waals surface area contributed by atoms with Crippen LogP contribution in [-0.2, 0) is 6.61 Å². The lowest BCUT2D eigenvalue weighted by molar-refractivity contribution is 0.278. The SMILES string of the molecule is CSc1ccc2sc(O)c(CO)c2c1. The van der Waals surface area contributed by atoms with Gasteiger partial charge >= 0.3 is 0 Å². The minimum Gasteiger partial charge on any atom is -0.499 e. The summed E-state index contributed by atoms with van der Waals surface area (Å²) in [6.45, 7) is -0.107. The maximum Gasteiger partial charge on any atom is 0.177 e. The molecular weight excluding hydrogens is 216 g/mol. The molecule has 0 amide bonds. The summed E-state index contributed by atoms with van der Waals surface area (Å²) in [5.41, 5.74) is 0.640. The molecule has 0 aliphatic carbocycles. The van der Waals surface area contributed by atoms with Gasteiger partial charge in [-0.3, -0.25) is 0 Å². The minimum atomic E-state index is -0.107. The number of rotatable bonds is 2. The molecular formula is C10H10O2S2. The van der Waals surface area contributed by atoms with E-state index in [-0.39, 0.29) is 11.7 Å². The Morgan fingerprint density at radius 2 is 2.21 bits per heavy atom. The summed E-state index contributed by atoms with van der Waals surface area (Å²) >= 11 is 2.96. The summed E-state index contributed by atoms with van der Waals surface area (Å²) in [7, 11) is 0. The normalized spacial score (nSPS) is 11.0. The van der Waals surface area contributed by atoms with Crippen molar-refractivity contribution in [2.75, 3.05) is 6.26 Å². The predicted molar refractivity (Wildman–Crippen MR) is 61.2 cm³/mol. The molecule has 2 nitrogen and oxygen atoms in total. The van der Waals surface area contributed by atoms with Crippen LogP contribution in [0.3, 0.4) is 0 Å². The number of aliphatic hydroxyl groups is 1. The molecule has 14 heavy (non-hydrogen) atoms. The van der Waals surface area contributed by atoms with Crippen LogP contribution in [0.4, 0.5) is 0 Å². The molecule has 0 spiro atoms. The Bertz CT molecular complexity index is 462. The fourth-order valence-corrected chi connectivity index (χ4v) is 2.77. The van der Waals surface area contributed by atoms with E-state index in [1.807, 2.05) is 24.5 Å². The Balaban J connectivity index is 2.71. The summed E-state index contributed by atoms with van der Waals surface area (Å²) in [5, 5.41) is 19.8. The van der Waals surface area contributed by atoms with Crippen molar-refractivity contribution in [3.63, 3.8) is 0 Å². The first-order valence-electron chi connectivity index (χ1n) is 4.15. The first-order chi connectivity index (χ1) is 6.76. The van der Waals surface area contributed by atoms with Gasteiger partial charge in [0.05, 0.1) is 6.61 Å². The molecule has 2 N–H and O–H groups in total. The number of aromatic hydroxyl groups is 1. The van der Waals surface area contributed by atoms with Gasteiger partial charge in [-0.25, -0.2) is 0 Å². The lowest BCUT2D eigenvalue weighted by Crippen LogP contribution is -1.80. The van der Waals surface area contributed by atoms with Crippen LogP contribution in [0.5, 0.6) is 5.06 Å². The van der Waals surface area contributed by atoms with Crippen LogP contribution in [0.2, 0.25) is 0 Å². The average Bonchev–Trinajstić information content (AvgIpc) is 2.52. The molecule has 2 aromatic rings. The number of thioether (sulfide) groups is 1. The van der Waals surface area contributed by atoms with E-state index in [2.05, 4.69) is 0 Å². The zero-order valence-electron chi connectivity index (χ0n) is 7.65. The molecule has 0 fully saturated rings. The van der Waals surface area contributed by atoms with E-state index >= 15 is 0 Å². The Labute approximate surface area is 90.2 Å². The molecule has 0 saturated carbocycles. The summed E-state index contributed by atoms with van der Waals surface area (Å²) in [4.78, 5) is 1.14. The zero-order chi connectivity index (χ0) is 10.1. The van der Waals surface area contributed by atoms with Crippen molar-refractivity contribution in [1.82, 2.24) is 0 Å². The Morgan fingerprint density at radius 1 is 1.43 bits per heavy atom. The van der Waals surface area contributed by atoms with Gasteiger partial charge in [0.1, 0.15) is 0 Å². The Hall–Kier alpha value is -0.710. The van der Waals surface area contributed by atoms with Crippen LogP contribution in [-0.4, -0.2) is 16.5 Å². The van der Waals surface area contributed by atoms with Crippen LogP contribution in [0.25, 0.3) is 10.1 Å². The monoisotopic (exact) mass is 226 g/mol. The number of fused-ring (bicyclic) bond motifs is 1. The molecule has 1 aromatic heterocycles. The maximum atomic E-state index is 9.55. The third-order valence-electron chi connectivity index (χ3n) is 2.13. The second kappa shape index (κ2) is 3.81. The smallest absolute Gasteiger partial charge is 0.177 e. The number of benzene rings is 1. The van der Waals surface area contributed by atoms with Crippen LogP contribution in [0.1, 0.15) is 5.56 Å². The van der Waals surface area contributed by atoms with Crippen molar-refractivity contribution in [3.05, 3.63) is 23.8 Å². The fourth-order valence-electron chi connectivity index (χ4n) is 1.39. The van der Waals surface area contributed by atoms with Crippen molar-refractivity contribution in [3.8, 4) is 5.06 Å². The van der Waals surface area contributed by atoms with E-state index in [1.165, 1.54) is 11.3 Å². The highest BCUT2D eigenvalue weighted by Crippen LogP contribution is 2.38. The number of thiophene rings is 1. The summed E-state index contributed by atoms with van der Waals surface area (Å²) in [6, 6.07) is 6.00. The predicted octanol–water partition coefficient (Wildman–Crippen LogP) is 2.82. The molecule has 2 rings (SSSR count). The first kappa shape index (κ1) is 9.83. The summed E-state index contributed by atoms with van der Waals surface area (Å²) < 4.78 is 1.02. The molecule has 1 aromatic carbocycles. The third kappa shape index (κ3) is 1.49. The molecule has 0 aliphatic rings. The summed E-state index contributed by atoms with van der Waals surface area (Å²) in [5.74, 6) is 0. The lowest BCUT2D eigenvalue weighted by atomic mass is 10.2. The second-order valence-corrected chi connectivity index (χ2v) is 4.82. The van der Waals surface area contributed by atoms with Gasteiger partial charge in [0.25, 0.3) is 0 Å². The standard InChI is InChI=1S/C10H10O2S2/c1-13-6-2-3-9-7(4-6)8(5-11)10(12)14-9/h2-4,11-12H,5H2,1H3. The van der Waals surface area contributed by atoms with E-state index in [1.54, 1.807) is 11.8 Å². The van der Waals surface area contributed by atoms with Gasteiger partial charge in [-0.2, -0.15) is 0 Å². The highest BCUT2D eigenvalue weighted by Gasteiger charge is 2.10. The number of hydrogen-bond acceptors (Lipinski definition) is 4. The molecule has 0 unspecified atom stereocenters. The van der Waals surface area contributed by atoms with Crippen molar-refractivity contribution < 1.29 is 10.2 Å². The van der Waals surface area contributed by atoms with Gasteiger partial charge in [-0.15, -0.1) is 11.8 Å². The van der Waals surface area contributed by atoms with Gasteiger partial charge in [0.2, 0.25) is 0 Å². The zero-order valence-corrected chi connectivity index (χ0v) is 9.28. The second-order valence-electron chi connectivity index (χ2n) is 2.91. The van der Waals surface area contributed by atoms with E-state index in [0.29, 0.717) is 5.56 Å². The Kier molecular flexibility index (Phi) is 2.67. The molecule has 0 aliphatic heterocycles. The Morgan fingerprint density at radius 3 is 2.86 bits per heavy atom. The maximum absolute atomic E-state index is 9.55. The number of hydrogen-bond donors (Lipinski definition) is 2.